The lowest BCUT2D eigenvalue weighted by molar-refractivity contribution is -0.147. The van der Waals surface area contributed by atoms with Crippen LogP contribution in [-0.2, 0) is 0 Å². The number of benzene rings is 1. The summed E-state index contributed by atoms with van der Waals surface area (Å²) >= 11 is -2.18. The summed E-state index contributed by atoms with van der Waals surface area (Å²) in [4.78, 5) is 13.4. The van der Waals surface area contributed by atoms with Crippen molar-refractivity contribution in [1.82, 2.24) is 13.6 Å². The van der Waals surface area contributed by atoms with Crippen LogP contribution in [0.15, 0.2) is 34.7 Å². The lowest BCUT2D eigenvalue weighted by atomic mass is 10.1. The number of aromatic hydroxyl groups is 1. The van der Waals surface area contributed by atoms with Crippen molar-refractivity contribution < 1.29 is 32.0 Å². The van der Waals surface area contributed by atoms with Gasteiger partial charge in [0.1, 0.15) is 11.5 Å². The van der Waals surface area contributed by atoms with Gasteiger partial charge in [-0.15, -0.1) is 0 Å². The largest absolute Gasteiger partial charge is 0.546 e. The van der Waals surface area contributed by atoms with Crippen LogP contribution >= 0.6 is 11.1 Å². The summed E-state index contributed by atoms with van der Waals surface area (Å²) in [5.41, 5.74) is -0.0716. The standard InChI is InChI=1S/C18H18F3N5O4S/c1-9-7-8-12(30-9)14(18(19,20)21)23-16-15(24-31(29)25-16)22-11-6-4-5-10(13(11)27)17(28)26(2)3/h4-8,14,27H,1-3H3,(H,22,24)(H,23,25)/t14-,31?/m0/s1. The van der Waals surface area contributed by atoms with Gasteiger partial charge in [-0.2, -0.15) is 13.2 Å². The van der Waals surface area contributed by atoms with Crippen LogP contribution in [0, 0.1) is 6.92 Å². The molecule has 0 aliphatic heterocycles. The first kappa shape index (κ1) is 22.4. The molecule has 31 heavy (non-hydrogen) atoms. The van der Waals surface area contributed by atoms with Crippen LogP contribution in [0.25, 0.3) is 0 Å². The number of carbonyl (C=O) groups excluding carboxylic acids is 1. The zero-order chi connectivity index (χ0) is 22.9. The van der Waals surface area contributed by atoms with Crippen molar-refractivity contribution >= 4 is 34.4 Å². The molecule has 2 heterocycles. The Hall–Kier alpha value is -3.32. The molecule has 0 aliphatic carbocycles. The molecular weight excluding hydrogens is 439 g/mol. The van der Waals surface area contributed by atoms with Crippen LogP contribution in [-0.4, -0.2) is 49.5 Å². The van der Waals surface area contributed by atoms with E-state index in [1.54, 1.807) is 0 Å². The summed E-state index contributed by atoms with van der Waals surface area (Å²) in [5.74, 6) is -1.82. The minimum atomic E-state index is -4.76. The van der Waals surface area contributed by atoms with Gasteiger partial charge in [-0.3, -0.25) is 4.79 Å². The number of nitrogens with one attached hydrogen (secondary N) is 2. The molecule has 3 N–H and O–H groups in total. The van der Waals surface area contributed by atoms with Crippen molar-refractivity contribution in [3.8, 4) is 5.75 Å². The lowest BCUT2D eigenvalue weighted by Gasteiger charge is -2.19. The number of halogens is 3. The van der Waals surface area contributed by atoms with E-state index in [0.29, 0.717) is 0 Å². The molecule has 3 rings (SSSR count). The second-order valence-electron chi connectivity index (χ2n) is 6.70. The number of aryl methyl sites for hydroxylation is 1. The molecule has 2 aromatic heterocycles. The summed E-state index contributed by atoms with van der Waals surface area (Å²) in [6, 6.07) is 4.48. The van der Waals surface area contributed by atoms with Crippen molar-refractivity contribution in [2.24, 2.45) is 0 Å². The number of alkyl halides is 3. The van der Waals surface area contributed by atoms with Crippen LogP contribution in [0.3, 0.4) is 0 Å². The smallest absolute Gasteiger partial charge is 0.415 e. The number of aromatic nitrogens is 2. The number of phenolic OH excluding ortho intramolecular Hbond substituents is 1. The maximum Gasteiger partial charge on any atom is 0.415 e. The number of anilines is 3. The Morgan fingerprint density at radius 3 is 2.48 bits per heavy atom. The average Bonchev–Trinajstić information content (AvgIpc) is 3.24. The van der Waals surface area contributed by atoms with E-state index in [9.17, 15) is 27.6 Å². The first-order valence-corrected chi connectivity index (χ1v) is 9.83. The molecule has 1 unspecified atom stereocenters. The molecule has 3 aromatic rings. The van der Waals surface area contributed by atoms with Crippen LogP contribution < -0.4 is 10.6 Å². The van der Waals surface area contributed by atoms with Gasteiger partial charge in [-0.25, -0.2) is 0 Å². The highest BCUT2D eigenvalue weighted by molar-refractivity contribution is 7.14. The molecule has 9 nitrogen and oxygen atoms in total. The molecule has 0 spiro atoms. The SMILES string of the molecule is Cc1ccc([C@H](Nc2n[s+]([O-])nc2Nc2cccc(C(=O)N(C)C)c2O)C(F)(F)F)o1. The number of amides is 1. The Morgan fingerprint density at radius 2 is 1.90 bits per heavy atom. The molecule has 0 aliphatic rings. The third-order valence-electron chi connectivity index (χ3n) is 4.14. The van der Waals surface area contributed by atoms with Crippen LogP contribution in [0.5, 0.6) is 5.75 Å². The highest BCUT2D eigenvalue weighted by atomic mass is 32.2. The summed E-state index contributed by atoms with van der Waals surface area (Å²) in [6.07, 6.45) is -4.76. The van der Waals surface area contributed by atoms with Crippen molar-refractivity contribution in [1.29, 1.82) is 0 Å². The van der Waals surface area contributed by atoms with Gasteiger partial charge in [0.2, 0.25) is 11.6 Å². The molecule has 1 amide bonds. The van der Waals surface area contributed by atoms with Gasteiger partial charge in [-0.1, -0.05) is 6.07 Å². The summed E-state index contributed by atoms with van der Waals surface area (Å²) in [7, 11) is 2.99. The zero-order valence-electron chi connectivity index (χ0n) is 16.5. The van der Waals surface area contributed by atoms with Gasteiger partial charge in [0.15, 0.2) is 22.9 Å². The number of rotatable bonds is 6. The molecular formula is C18H18F3N5O4S. The van der Waals surface area contributed by atoms with Crippen LogP contribution in [0.2, 0.25) is 0 Å². The van der Waals surface area contributed by atoms with E-state index in [1.165, 1.54) is 56.3 Å². The second kappa shape index (κ2) is 8.43. The van der Waals surface area contributed by atoms with Gasteiger partial charge in [-0.05, 0) is 31.2 Å². The molecule has 2 atom stereocenters. The molecule has 13 heteroatoms. The van der Waals surface area contributed by atoms with E-state index < -0.39 is 46.6 Å². The number of phenols is 1. The third-order valence-corrected chi connectivity index (χ3v) is 4.82. The minimum absolute atomic E-state index is 0.0303. The molecule has 0 fully saturated rings. The fourth-order valence-electron chi connectivity index (χ4n) is 2.68. The number of hydrogen-bond donors (Lipinski definition) is 3. The van der Waals surface area contributed by atoms with Gasteiger partial charge < -0.3 is 29.6 Å². The molecule has 0 radical (unpaired) electrons. The van der Waals surface area contributed by atoms with Crippen LogP contribution in [0.1, 0.15) is 27.9 Å². The maximum absolute atomic E-state index is 13.6. The second-order valence-corrected chi connectivity index (χ2v) is 7.53. The van der Waals surface area contributed by atoms with Gasteiger partial charge in [0.25, 0.3) is 5.91 Å². The fraction of sp³-hybridized carbons (Fsp3) is 0.278. The Bertz CT molecular complexity index is 1100. The van der Waals surface area contributed by atoms with E-state index in [4.69, 9.17) is 4.42 Å². The van der Waals surface area contributed by atoms with Crippen molar-refractivity contribution in [2.75, 3.05) is 24.7 Å². The Kier molecular flexibility index (Phi) is 6.08. The van der Waals surface area contributed by atoms with E-state index >= 15 is 0 Å². The highest BCUT2D eigenvalue weighted by Crippen LogP contribution is 2.39. The monoisotopic (exact) mass is 457 g/mol. The number of para-hydroxylation sites is 1. The van der Waals surface area contributed by atoms with E-state index in [2.05, 4.69) is 19.4 Å². The molecule has 1 aromatic carbocycles. The molecule has 0 bridgehead atoms. The fourth-order valence-corrected chi connectivity index (χ4v) is 3.31. The number of nitrogens with zero attached hydrogens (tertiary/aromatic N) is 3. The molecule has 0 saturated carbocycles. The van der Waals surface area contributed by atoms with Gasteiger partial charge in [0, 0.05) is 22.8 Å². The van der Waals surface area contributed by atoms with E-state index in [0.717, 1.165) is 0 Å². The topological polar surface area (TPSA) is 127 Å². The normalized spacial score (nSPS) is 13.1. The van der Waals surface area contributed by atoms with Gasteiger partial charge in [0.05, 0.1) is 11.3 Å². The number of furan rings is 1. The Balaban J connectivity index is 1.94. The first-order chi connectivity index (χ1) is 14.5. The summed E-state index contributed by atoms with van der Waals surface area (Å²) < 4.78 is 64.9. The van der Waals surface area contributed by atoms with E-state index in [1.807, 2.05) is 0 Å². The predicted molar refractivity (Wildman–Crippen MR) is 106 cm³/mol. The highest BCUT2D eigenvalue weighted by Gasteiger charge is 2.44. The minimum Gasteiger partial charge on any atom is -0.546 e. The van der Waals surface area contributed by atoms with Crippen molar-refractivity contribution in [3.63, 3.8) is 0 Å². The van der Waals surface area contributed by atoms with Crippen molar-refractivity contribution in [3.05, 3.63) is 47.4 Å². The Labute approximate surface area is 177 Å². The first-order valence-electron chi connectivity index (χ1n) is 8.77. The summed E-state index contributed by atoms with van der Waals surface area (Å²) in [5, 5.41) is 15.1. The molecule has 166 valence electrons. The van der Waals surface area contributed by atoms with Crippen LogP contribution in [0.4, 0.5) is 30.5 Å². The average molecular weight is 457 g/mol. The number of hydrogen-bond acceptors (Lipinski definition) is 8. The van der Waals surface area contributed by atoms with Gasteiger partial charge >= 0.3 is 6.18 Å². The molecule has 0 saturated heterocycles. The predicted octanol–water partition coefficient (Wildman–Crippen LogP) is 3.97. The quantitative estimate of drug-likeness (QED) is 0.375. The van der Waals surface area contributed by atoms with E-state index in [-0.39, 0.29) is 22.8 Å². The number of carbonyl (C=O) groups is 1. The third kappa shape index (κ3) is 4.88. The zero-order valence-corrected chi connectivity index (χ0v) is 17.3. The van der Waals surface area contributed by atoms with Crippen molar-refractivity contribution in [2.45, 2.75) is 19.1 Å². The maximum atomic E-state index is 13.6. The lowest BCUT2D eigenvalue weighted by Crippen LogP contribution is -2.28. The Morgan fingerprint density at radius 1 is 1.23 bits per heavy atom. The summed E-state index contributed by atoms with van der Waals surface area (Å²) in [6.45, 7) is 1.50.